The second-order valence-corrected chi connectivity index (χ2v) is 5.15. The maximum absolute atomic E-state index is 10.7. The molecule has 0 aliphatic heterocycles. The molecular weight excluding hydrogens is 266 g/mol. The van der Waals surface area contributed by atoms with Crippen molar-refractivity contribution in [3.63, 3.8) is 0 Å². The summed E-state index contributed by atoms with van der Waals surface area (Å²) in [4.78, 5) is 10.7. The molecule has 0 saturated carbocycles. The molecular formula is C12H21N3O3S. The van der Waals surface area contributed by atoms with Crippen molar-refractivity contribution in [2.24, 2.45) is 0 Å². The number of carboxylic acid groups (broad SMARTS) is 1. The number of hydrogen-bond acceptors (Lipinski definition) is 5. The molecule has 1 rings (SSSR count). The highest BCUT2D eigenvalue weighted by atomic mass is 32.2. The maximum atomic E-state index is 10.7. The third-order valence-electron chi connectivity index (χ3n) is 2.72. The molecule has 1 atom stereocenters. The van der Waals surface area contributed by atoms with Crippen LogP contribution in [-0.4, -0.2) is 45.3 Å². The van der Waals surface area contributed by atoms with Gasteiger partial charge in [-0.15, -0.1) is 10.2 Å². The predicted octanol–water partition coefficient (Wildman–Crippen LogP) is 2.00. The van der Waals surface area contributed by atoms with Crippen molar-refractivity contribution in [3.8, 4) is 0 Å². The van der Waals surface area contributed by atoms with Gasteiger partial charge in [-0.2, -0.15) is 0 Å². The van der Waals surface area contributed by atoms with Gasteiger partial charge in [-0.05, 0) is 6.42 Å². The fraction of sp³-hybridized carbons (Fsp3) is 0.750. The van der Waals surface area contributed by atoms with E-state index in [1.165, 1.54) is 11.8 Å². The van der Waals surface area contributed by atoms with Crippen LogP contribution in [0.4, 0.5) is 0 Å². The van der Waals surface area contributed by atoms with Crippen molar-refractivity contribution >= 4 is 17.7 Å². The van der Waals surface area contributed by atoms with Gasteiger partial charge in [-0.25, -0.2) is 0 Å². The number of aliphatic carboxylic acids is 1. The Balaban J connectivity index is 2.97. The number of hydrogen-bond donors (Lipinski definition) is 1. The van der Waals surface area contributed by atoms with Crippen LogP contribution in [0.15, 0.2) is 5.16 Å². The van der Waals surface area contributed by atoms with E-state index in [0.717, 1.165) is 25.1 Å². The molecule has 0 radical (unpaired) electrons. The molecule has 0 spiro atoms. The highest BCUT2D eigenvalue weighted by Crippen LogP contribution is 2.25. The minimum atomic E-state index is -0.851. The molecule has 0 bridgehead atoms. The Labute approximate surface area is 117 Å². The summed E-state index contributed by atoms with van der Waals surface area (Å²) in [6.45, 7) is 4.71. The van der Waals surface area contributed by atoms with Gasteiger partial charge in [0.15, 0.2) is 5.16 Å². The van der Waals surface area contributed by atoms with Crippen LogP contribution in [-0.2, 0) is 16.0 Å². The lowest BCUT2D eigenvalue weighted by atomic mass is 10.1. The molecule has 1 unspecified atom stereocenters. The molecule has 1 aromatic rings. The van der Waals surface area contributed by atoms with Gasteiger partial charge in [-0.3, -0.25) is 4.79 Å². The van der Waals surface area contributed by atoms with E-state index >= 15 is 0 Å². The van der Waals surface area contributed by atoms with E-state index < -0.39 is 5.97 Å². The molecule has 1 N–H and O–H groups in total. The number of rotatable bonds is 9. The van der Waals surface area contributed by atoms with Crippen LogP contribution in [0.25, 0.3) is 0 Å². The van der Waals surface area contributed by atoms with Gasteiger partial charge in [0.1, 0.15) is 5.82 Å². The number of nitrogens with zero attached hydrogens (tertiary/aromatic N) is 3. The molecule has 0 aromatic carbocycles. The van der Waals surface area contributed by atoms with Crippen LogP contribution in [0, 0.1) is 0 Å². The quantitative estimate of drug-likeness (QED) is 0.700. The molecule has 0 aliphatic rings. The van der Waals surface area contributed by atoms with Crippen LogP contribution in [0.2, 0.25) is 0 Å². The first-order chi connectivity index (χ1) is 9.13. The largest absolute Gasteiger partial charge is 0.481 e. The van der Waals surface area contributed by atoms with Crippen molar-refractivity contribution in [3.05, 3.63) is 5.82 Å². The molecule has 0 saturated heterocycles. The summed E-state index contributed by atoms with van der Waals surface area (Å²) in [5.74, 6) is 0.0213. The standard InChI is InChI=1S/C12H21N3O3S/c1-4-6-9(7-18-3)15-10(5-2)13-14-12(15)19-8-11(16)17/h9H,4-8H2,1-3H3,(H,16,17). The van der Waals surface area contributed by atoms with E-state index in [1.807, 2.05) is 11.5 Å². The SMILES string of the molecule is CCCC(COC)n1c(CC)nnc1SCC(=O)O. The Bertz CT molecular complexity index is 403. The summed E-state index contributed by atoms with van der Waals surface area (Å²) in [6, 6.07) is 0.163. The maximum Gasteiger partial charge on any atom is 0.313 e. The first kappa shape index (κ1) is 16.0. The Morgan fingerprint density at radius 3 is 2.74 bits per heavy atom. The molecule has 0 fully saturated rings. The number of thioether (sulfide) groups is 1. The zero-order valence-electron chi connectivity index (χ0n) is 11.6. The Morgan fingerprint density at radius 2 is 2.21 bits per heavy atom. The molecule has 7 heteroatoms. The third kappa shape index (κ3) is 4.50. The number of aryl methyl sites for hydroxylation is 1. The van der Waals surface area contributed by atoms with Crippen LogP contribution in [0.1, 0.15) is 38.6 Å². The van der Waals surface area contributed by atoms with Crippen molar-refractivity contribution in [2.45, 2.75) is 44.3 Å². The molecule has 6 nitrogen and oxygen atoms in total. The Kier molecular flexibility index (Phi) is 6.86. The van der Waals surface area contributed by atoms with E-state index in [1.54, 1.807) is 7.11 Å². The van der Waals surface area contributed by atoms with E-state index in [0.29, 0.717) is 11.8 Å². The number of methoxy groups -OCH3 is 1. The lowest BCUT2D eigenvalue weighted by molar-refractivity contribution is -0.133. The molecule has 108 valence electrons. The van der Waals surface area contributed by atoms with Crippen LogP contribution >= 0.6 is 11.8 Å². The third-order valence-corrected chi connectivity index (χ3v) is 3.65. The van der Waals surface area contributed by atoms with Crippen molar-refractivity contribution in [1.82, 2.24) is 14.8 Å². The predicted molar refractivity (Wildman–Crippen MR) is 73.6 cm³/mol. The van der Waals surface area contributed by atoms with E-state index in [2.05, 4.69) is 17.1 Å². The van der Waals surface area contributed by atoms with Crippen molar-refractivity contribution < 1.29 is 14.6 Å². The lowest BCUT2D eigenvalue weighted by Crippen LogP contribution is -2.18. The van der Waals surface area contributed by atoms with Gasteiger partial charge >= 0.3 is 5.97 Å². The fourth-order valence-corrected chi connectivity index (χ4v) is 2.70. The van der Waals surface area contributed by atoms with Crippen molar-refractivity contribution in [2.75, 3.05) is 19.5 Å². The van der Waals surface area contributed by atoms with E-state index in [9.17, 15) is 4.79 Å². The Morgan fingerprint density at radius 1 is 1.47 bits per heavy atom. The first-order valence-corrected chi connectivity index (χ1v) is 7.39. The average molecular weight is 287 g/mol. The lowest BCUT2D eigenvalue weighted by Gasteiger charge is -2.20. The number of ether oxygens (including phenoxy) is 1. The topological polar surface area (TPSA) is 77.2 Å². The number of carbonyl (C=O) groups is 1. The summed E-state index contributed by atoms with van der Waals surface area (Å²) in [5.41, 5.74) is 0. The monoisotopic (exact) mass is 287 g/mol. The second-order valence-electron chi connectivity index (χ2n) is 4.20. The number of aromatic nitrogens is 3. The minimum Gasteiger partial charge on any atom is -0.481 e. The smallest absolute Gasteiger partial charge is 0.313 e. The van der Waals surface area contributed by atoms with Gasteiger partial charge < -0.3 is 14.4 Å². The summed E-state index contributed by atoms with van der Waals surface area (Å²) in [6.07, 6.45) is 2.75. The molecule has 1 aromatic heterocycles. The fourth-order valence-electron chi connectivity index (χ4n) is 1.95. The van der Waals surface area contributed by atoms with Gasteiger partial charge in [0.2, 0.25) is 0 Å². The van der Waals surface area contributed by atoms with Gasteiger partial charge in [0.05, 0.1) is 18.4 Å². The zero-order valence-corrected chi connectivity index (χ0v) is 12.4. The zero-order chi connectivity index (χ0) is 14.3. The van der Waals surface area contributed by atoms with Crippen molar-refractivity contribution in [1.29, 1.82) is 0 Å². The molecule has 0 aliphatic carbocycles. The summed E-state index contributed by atoms with van der Waals surface area (Å²) < 4.78 is 7.29. The summed E-state index contributed by atoms with van der Waals surface area (Å²) in [5, 5.41) is 17.7. The average Bonchev–Trinajstić information content (AvgIpc) is 2.78. The highest BCUT2D eigenvalue weighted by Gasteiger charge is 2.20. The first-order valence-electron chi connectivity index (χ1n) is 6.41. The second kappa shape index (κ2) is 8.16. The van der Waals surface area contributed by atoms with Crippen LogP contribution < -0.4 is 0 Å². The molecule has 0 amide bonds. The highest BCUT2D eigenvalue weighted by molar-refractivity contribution is 7.99. The number of carboxylic acids is 1. The molecule has 1 heterocycles. The molecule has 19 heavy (non-hydrogen) atoms. The van der Waals surface area contributed by atoms with Gasteiger partial charge in [0.25, 0.3) is 0 Å². The van der Waals surface area contributed by atoms with Crippen LogP contribution in [0.3, 0.4) is 0 Å². The summed E-state index contributed by atoms with van der Waals surface area (Å²) >= 11 is 1.21. The summed E-state index contributed by atoms with van der Waals surface area (Å²) in [7, 11) is 1.67. The minimum absolute atomic E-state index is 0.00628. The van der Waals surface area contributed by atoms with E-state index in [-0.39, 0.29) is 11.8 Å². The van der Waals surface area contributed by atoms with Gasteiger partial charge in [-0.1, -0.05) is 32.0 Å². The van der Waals surface area contributed by atoms with Gasteiger partial charge in [0, 0.05) is 13.5 Å². The Hall–Kier alpha value is -1.08. The van der Waals surface area contributed by atoms with Crippen LogP contribution in [0.5, 0.6) is 0 Å². The van der Waals surface area contributed by atoms with E-state index in [4.69, 9.17) is 9.84 Å². The normalized spacial score (nSPS) is 12.6.